The lowest BCUT2D eigenvalue weighted by atomic mass is 10.1. The zero-order chi connectivity index (χ0) is 14.9. The van der Waals surface area contributed by atoms with E-state index in [1.165, 1.54) is 5.56 Å². The second-order valence-electron chi connectivity index (χ2n) is 5.29. The van der Waals surface area contributed by atoms with Crippen molar-refractivity contribution < 1.29 is 4.42 Å². The minimum absolute atomic E-state index is 0.565. The number of furan rings is 1. The van der Waals surface area contributed by atoms with E-state index in [9.17, 15) is 0 Å². The van der Waals surface area contributed by atoms with Crippen molar-refractivity contribution in [3.05, 3.63) is 72.4 Å². The van der Waals surface area contributed by atoms with Gasteiger partial charge >= 0.3 is 0 Å². The molecule has 106 valence electrons. The van der Waals surface area contributed by atoms with Crippen LogP contribution in [0.4, 0.5) is 0 Å². The first-order valence-corrected chi connectivity index (χ1v) is 7.19. The lowest BCUT2D eigenvalue weighted by Crippen LogP contribution is -1.86. The van der Waals surface area contributed by atoms with Crippen molar-refractivity contribution in [3.63, 3.8) is 0 Å². The molecule has 0 N–H and O–H groups in total. The molecule has 0 amide bonds. The first kappa shape index (κ1) is 12.8. The summed E-state index contributed by atoms with van der Waals surface area (Å²) in [6.07, 6.45) is 1.76. The Kier molecular flexibility index (Phi) is 2.97. The quantitative estimate of drug-likeness (QED) is 0.528. The molecule has 3 nitrogen and oxygen atoms in total. The Labute approximate surface area is 128 Å². The summed E-state index contributed by atoms with van der Waals surface area (Å²) in [4.78, 5) is 9.06. The molecule has 4 rings (SSSR count). The second kappa shape index (κ2) is 5.11. The van der Waals surface area contributed by atoms with Crippen LogP contribution in [-0.2, 0) is 0 Å². The van der Waals surface area contributed by atoms with E-state index in [0.717, 1.165) is 28.1 Å². The number of aryl methyl sites for hydroxylation is 1. The van der Waals surface area contributed by atoms with Crippen molar-refractivity contribution in [1.29, 1.82) is 0 Å². The average Bonchev–Trinajstić information content (AvgIpc) is 2.99. The number of hydrogen-bond acceptors (Lipinski definition) is 3. The molecule has 0 spiro atoms. The molecule has 2 heterocycles. The number of benzene rings is 2. The number of nitrogens with zero attached hydrogens (tertiary/aromatic N) is 2. The smallest absolute Gasteiger partial charge is 0.245 e. The summed E-state index contributed by atoms with van der Waals surface area (Å²) in [6.45, 7) is 2.07. The Hall–Kier alpha value is -2.94. The van der Waals surface area contributed by atoms with E-state index in [1.807, 2.05) is 36.4 Å². The summed E-state index contributed by atoms with van der Waals surface area (Å²) in [7, 11) is 0. The fourth-order valence-corrected chi connectivity index (χ4v) is 2.43. The van der Waals surface area contributed by atoms with Crippen molar-refractivity contribution in [2.75, 3.05) is 0 Å². The third-order valence-electron chi connectivity index (χ3n) is 3.64. The predicted molar refractivity (Wildman–Crippen MR) is 87.4 cm³/mol. The minimum Gasteiger partial charge on any atom is -0.436 e. The molecule has 0 atom stereocenters. The van der Waals surface area contributed by atoms with Crippen LogP contribution in [0.25, 0.3) is 33.8 Å². The van der Waals surface area contributed by atoms with E-state index in [-0.39, 0.29) is 0 Å². The molecule has 0 unspecified atom stereocenters. The summed E-state index contributed by atoms with van der Waals surface area (Å²) in [5.74, 6) is 0.789. The van der Waals surface area contributed by atoms with Crippen molar-refractivity contribution >= 4 is 11.2 Å². The summed E-state index contributed by atoms with van der Waals surface area (Å²) < 4.78 is 5.79. The van der Waals surface area contributed by atoms with Gasteiger partial charge in [0.2, 0.25) is 5.71 Å². The van der Waals surface area contributed by atoms with E-state index in [4.69, 9.17) is 4.42 Å². The maximum atomic E-state index is 5.79. The van der Waals surface area contributed by atoms with Gasteiger partial charge in [0.15, 0.2) is 0 Å². The molecule has 0 bridgehead atoms. The van der Waals surface area contributed by atoms with Crippen LogP contribution in [0.3, 0.4) is 0 Å². The van der Waals surface area contributed by atoms with Crippen molar-refractivity contribution in [2.24, 2.45) is 0 Å². The Balaban J connectivity index is 1.80. The molecular weight excluding hydrogens is 272 g/mol. The Morgan fingerprint density at radius 3 is 2.41 bits per heavy atom. The van der Waals surface area contributed by atoms with E-state index in [1.54, 1.807) is 6.20 Å². The van der Waals surface area contributed by atoms with Crippen LogP contribution < -0.4 is 0 Å². The van der Waals surface area contributed by atoms with Crippen LogP contribution in [0, 0.1) is 6.92 Å². The fraction of sp³-hybridized carbons (Fsp3) is 0.0526. The molecule has 0 aliphatic carbocycles. The molecule has 0 saturated carbocycles. The van der Waals surface area contributed by atoms with Crippen LogP contribution in [-0.4, -0.2) is 9.97 Å². The molecule has 2 aromatic carbocycles. The summed E-state index contributed by atoms with van der Waals surface area (Å²) in [6, 6.07) is 20.2. The lowest BCUT2D eigenvalue weighted by Gasteiger charge is -2.00. The monoisotopic (exact) mass is 286 g/mol. The maximum Gasteiger partial charge on any atom is 0.245 e. The van der Waals surface area contributed by atoms with E-state index in [2.05, 4.69) is 41.2 Å². The fourth-order valence-electron chi connectivity index (χ4n) is 2.43. The minimum atomic E-state index is 0.565. The molecule has 4 aromatic rings. The van der Waals surface area contributed by atoms with Crippen molar-refractivity contribution in [1.82, 2.24) is 9.97 Å². The van der Waals surface area contributed by atoms with Crippen molar-refractivity contribution in [2.45, 2.75) is 6.92 Å². The largest absolute Gasteiger partial charge is 0.436 e. The van der Waals surface area contributed by atoms with Gasteiger partial charge in [-0.1, -0.05) is 60.2 Å². The highest BCUT2D eigenvalue weighted by Gasteiger charge is 2.09. The third-order valence-corrected chi connectivity index (χ3v) is 3.64. The maximum absolute atomic E-state index is 5.79. The van der Waals surface area contributed by atoms with Crippen molar-refractivity contribution in [3.8, 4) is 22.6 Å². The Morgan fingerprint density at radius 1 is 0.864 bits per heavy atom. The van der Waals surface area contributed by atoms with Crippen LogP contribution in [0.2, 0.25) is 0 Å². The van der Waals surface area contributed by atoms with Crippen LogP contribution >= 0.6 is 0 Å². The SMILES string of the molecule is Cc1ccc(-c2cnc3oc(-c4ccccc4)cc3n2)cc1. The summed E-state index contributed by atoms with van der Waals surface area (Å²) >= 11 is 0. The van der Waals surface area contributed by atoms with Gasteiger partial charge in [0.25, 0.3) is 0 Å². The van der Waals surface area contributed by atoms with Gasteiger partial charge in [0.1, 0.15) is 11.3 Å². The number of hydrogen-bond donors (Lipinski definition) is 0. The highest BCUT2D eigenvalue weighted by Crippen LogP contribution is 2.27. The number of rotatable bonds is 2. The average molecular weight is 286 g/mol. The summed E-state index contributed by atoms with van der Waals surface area (Å²) in [5, 5.41) is 0. The van der Waals surface area contributed by atoms with Gasteiger partial charge in [-0.3, -0.25) is 0 Å². The molecule has 22 heavy (non-hydrogen) atoms. The topological polar surface area (TPSA) is 38.9 Å². The Morgan fingerprint density at radius 2 is 1.64 bits per heavy atom. The molecule has 0 saturated heterocycles. The normalized spacial score (nSPS) is 11.0. The molecule has 3 heteroatoms. The Bertz CT molecular complexity index is 925. The molecule has 2 aromatic heterocycles. The summed E-state index contributed by atoms with van der Waals surface area (Å²) in [5.41, 5.74) is 5.51. The zero-order valence-electron chi connectivity index (χ0n) is 12.2. The van der Waals surface area contributed by atoms with Crippen LogP contribution in [0.5, 0.6) is 0 Å². The molecule has 0 fully saturated rings. The highest BCUT2D eigenvalue weighted by molar-refractivity contribution is 5.78. The van der Waals surface area contributed by atoms with Gasteiger partial charge in [-0.05, 0) is 6.92 Å². The van der Waals surface area contributed by atoms with E-state index >= 15 is 0 Å². The van der Waals surface area contributed by atoms with Crippen LogP contribution in [0.15, 0.2) is 71.3 Å². The highest BCUT2D eigenvalue weighted by atomic mass is 16.3. The lowest BCUT2D eigenvalue weighted by molar-refractivity contribution is 0.618. The number of aromatic nitrogens is 2. The first-order valence-electron chi connectivity index (χ1n) is 7.19. The zero-order valence-corrected chi connectivity index (χ0v) is 12.2. The van der Waals surface area contributed by atoms with E-state index in [0.29, 0.717) is 5.71 Å². The van der Waals surface area contributed by atoms with Gasteiger partial charge in [0, 0.05) is 17.2 Å². The van der Waals surface area contributed by atoms with Crippen LogP contribution in [0.1, 0.15) is 5.56 Å². The standard InChI is InChI=1S/C19H14N2O/c1-13-7-9-14(10-8-13)17-12-20-19-16(21-17)11-18(22-19)15-5-3-2-4-6-15/h2-12H,1H3. The van der Waals surface area contributed by atoms with Gasteiger partial charge in [-0.2, -0.15) is 0 Å². The van der Waals surface area contributed by atoms with E-state index < -0.39 is 0 Å². The van der Waals surface area contributed by atoms with Gasteiger partial charge in [-0.15, -0.1) is 0 Å². The second-order valence-corrected chi connectivity index (χ2v) is 5.29. The van der Waals surface area contributed by atoms with Gasteiger partial charge in [-0.25, -0.2) is 9.97 Å². The molecule has 0 aliphatic heterocycles. The number of fused-ring (bicyclic) bond motifs is 1. The van der Waals surface area contributed by atoms with Gasteiger partial charge in [0.05, 0.1) is 11.9 Å². The molecule has 0 radical (unpaired) electrons. The predicted octanol–water partition coefficient (Wildman–Crippen LogP) is 4.87. The first-order chi connectivity index (χ1) is 10.8. The molecular formula is C19H14N2O. The third kappa shape index (κ3) is 2.27. The molecule has 0 aliphatic rings. The van der Waals surface area contributed by atoms with Gasteiger partial charge < -0.3 is 4.42 Å².